The molecule has 0 saturated heterocycles. The molecule has 2 aromatic rings. The van der Waals surface area contributed by atoms with Crippen LogP contribution in [0.15, 0.2) is 35.4 Å². The van der Waals surface area contributed by atoms with Gasteiger partial charge >= 0.3 is 0 Å². The number of benzene rings is 1. The molecular formula is C10H6ClFN2O. The topological polar surface area (TPSA) is 45.8 Å². The van der Waals surface area contributed by atoms with Crippen LogP contribution in [-0.2, 0) is 0 Å². The Balaban J connectivity index is 2.69. The number of rotatable bonds is 1. The summed E-state index contributed by atoms with van der Waals surface area (Å²) in [5.41, 5.74) is 0.0198. The highest BCUT2D eigenvalue weighted by Crippen LogP contribution is 2.27. The fourth-order valence-corrected chi connectivity index (χ4v) is 1.51. The van der Waals surface area contributed by atoms with Crippen LogP contribution >= 0.6 is 11.6 Å². The van der Waals surface area contributed by atoms with Crippen molar-refractivity contribution in [3.63, 3.8) is 0 Å². The van der Waals surface area contributed by atoms with Gasteiger partial charge in [-0.25, -0.2) is 9.37 Å². The van der Waals surface area contributed by atoms with E-state index in [1.54, 1.807) is 6.07 Å². The first-order valence-electron chi connectivity index (χ1n) is 4.17. The lowest BCUT2D eigenvalue weighted by atomic mass is 10.1. The maximum absolute atomic E-state index is 13.4. The van der Waals surface area contributed by atoms with Crippen LogP contribution in [0.3, 0.4) is 0 Å². The maximum Gasteiger partial charge on any atom is 0.251 e. The summed E-state index contributed by atoms with van der Waals surface area (Å²) in [4.78, 5) is 17.2. The Morgan fingerprint density at radius 3 is 2.87 bits per heavy atom. The number of hydrogen-bond donors (Lipinski definition) is 1. The summed E-state index contributed by atoms with van der Waals surface area (Å²) in [6.07, 6.45) is 1.21. The van der Waals surface area contributed by atoms with Crippen LogP contribution in [-0.4, -0.2) is 9.97 Å². The molecule has 0 unspecified atom stereocenters. The zero-order valence-electron chi connectivity index (χ0n) is 7.50. The molecule has 0 aliphatic carbocycles. The van der Waals surface area contributed by atoms with Gasteiger partial charge in [0, 0.05) is 6.07 Å². The van der Waals surface area contributed by atoms with Gasteiger partial charge in [-0.1, -0.05) is 17.7 Å². The molecule has 76 valence electrons. The molecule has 1 aromatic carbocycles. The first-order chi connectivity index (χ1) is 7.18. The largest absolute Gasteiger partial charge is 0.313 e. The number of H-pyrrole nitrogens is 1. The van der Waals surface area contributed by atoms with Gasteiger partial charge in [-0.15, -0.1) is 0 Å². The number of hydrogen-bond acceptors (Lipinski definition) is 2. The van der Waals surface area contributed by atoms with Crippen molar-refractivity contribution in [2.24, 2.45) is 0 Å². The van der Waals surface area contributed by atoms with Crippen LogP contribution in [0, 0.1) is 5.82 Å². The summed E-state index contributed by atoms with van der Waals surface area (Å²) >= 11 is 5.82. The van der Waals surface area contributed by atoms with Gasteiger partial charge in [0.05, 0.1) is 22.6 Å². The minimum Gasteiger partial charge on any atom is -0.313 e. The minimum atomic E-state index is -0.499. The number of nitrogens with zero attached hydrogens (tertiary/aromatic N) is 1. The predicted octanol–water partition coefficient (Wildman–Crippen LogP) is 2.23. The molecule has 1 heterocycles. The van der Waals surface area contributed by atoms with E-state index in [2.05, 4.69) is 9.97 Å². The molecular weight excluding hydrogens is 219 g/mol. The van der Waals surface area contributed by atoms with Gasteiger partial charge < -0.3 is 4.98 Å². The zero-order valence-corrected chi connectivity index (χ0v) is 8.25. The number of aromatic amines is 1. The highest BCUT2D eigenvalue weighted by Gasteiger charge is 2.10. The minimum absolute atomic E-state index is 0.144. The van der Waals surface area contributed by atoms with E-state index in [1.165, 1.54) is 24.5 Å². The highest BCUT2D eigenvalue weighted by molar-refractivity contribution is 6.33. The van der Waals surface area contributed by atoms with Gasteiger partial charge in [0.15, 0.2) is 0 Å². The molecule has 0 spiro atoms. The average Bonchev–Trinajstić information content (AvgIpc) is 2.17. The fourth-order valence-electron chi connectivity index (χ4n) is 1.25. The lowest BCUT2D eigenvalue weighted by Crippen LogP contribution is -2.05. The first-order valence-corrected chi connectivity index (χ1v) is 4.55. The van der Waals surface area contributed by atoms with Gasteiger partial charge in [-0.2, -0.15) is 0 Å². The van der Waals surface area contributed by atoms with Crippen molar-refractivity contribution >= 4 is 11.6 Å². The Morgan fingerprint density at radius 2 is 2.20 bits per heavy atom. The van der Waals surface area contributed by atoms with E-state index in [0.29, 0.717) is 0 Å². The van der Waals surface area contributed by atoms with Crippen molar-refractivity contribution in [3.8, 4) is 11.3 Å². The molecule has 0 aliphatic rings. The third-order valence-electron chi connectivity index (χ3n) is 1.90. The second kappa shape index (κ2) is 3.82. The second-order valence-electron chi connectivity index (χ2n) is 2.89. The van der Waals surface area contributed by atoms with E-state index in [-0.39, 0.29) is 21.8 Å². The molecule has 1 aromatic heterocycles. The van der Waals surface area contributed by atoms with Crippen molar-refractivity contribution in [2.75, 3.05) is 0 Å². The monoisotopic (exact) mass is 224 g/mol. The normalized spacial score (nSPS) is 10.3. The molecule has 0 radical (unpaired) electrons. The standard InChI is InChI=1S/C10H6ClFN2O/c11-6-2-1-3-7(12)10(6)8-4-9(15)14-5-13-8/h1-5H,(H,13,14,15). The van der Waals surface area contributed by atoms with Crippen molar-refractivity contribution in [2.45, 2.75) is 0 Å². The third-order valence-corrected chi connectivity index (χ3v) is 2.21. The summed E-state index contributed by atoms with van der Waals surface area (Å²) in [7, 11) is 0. The van der Waals surface area contributed by atoms with E-state index in [1.807, 2.05) is 0 Å². The predicted molar refractivity (Wildman–Crippen MR) is 55.3 cm³/mol. The summed E-state index contributed by atoms with van der Waals surface area (Å²) in [6.45, 7) is 0. The van der Waals surface area contributed by atoms with E-state index in [0.717, 1.165) is 0 Å². The quantitative estimate of drug-likeness (QED) is 0.808. The number of aromatic nitrogens is 2. The van der Waals surface area contributed by atoms with Crippen molar-refractivity contribution in [3.05, 3.63) is 51.8 Å². The molecule has 1 N–H and O–H groups in total. The Morgan fingerprint density at radius 1 is 1.40 bits per heavy atom. The van der Waals surface area contributed by atoms with Gasteiger partial charge in [0.1, 0.15) is 5.82 Å². The molecule has 0 aliphatic heterocycles. The zero-order chi connectivity index (χ0) is 10.8. The van der Waals surface area contributed by atoms with E-state index in [4.69, 9.17) is 11.6 Å². The maximum atomic E-state index is 13.4. The Hall–Kier alpha value is -1.68. The van der Waals surface area contributed by atoms with Crippen molar-refractivity contribution in [1.29, 1.82) is 0 Å². The summed E-state index contributed by atoms with van der Waals surface area (Å²) in [5, 5.41) is 0.230. The Bertz CT molecular complexity index is 533. The van der Waals surface area contributed by atoms with Crippen LogP contribution in [0.1, 0.15) is 0 Å². The summed E-state index contributed by atoms with van der Waals surface area (Å²) < 4.78 is 13.4. The first kappa shape index (κ1) is 9.86. The molecule has 0 fully saturated rings. The average molecular weight is 225 g/mol. The smallest absolute Gasteiger partial charge is 0.251 e. The van der Waals surface area contributed by atoms with E-state index in [9.17, 15) is 9.18 Å². The van der Waals surface area contributed by atoms with Gasteiger partial charge in [-0.05, 0) is 12.1 Å². The van der Waals surface area contributed by atoms with Crippen LogP contribution in [0.5, 0.6) is 0 Å². The Labute approximate surface area is 89.6 Å². The van der Waals surface area contributed by atoms with Crippen LogP contribution in [0.4, 0.5) is 4.39 Å². The van der Waals surface area contributed by atoms with Crippen molar-refractivity contribution in [1.82, 2.24) is 9.97 Å². The second-order valence-corrected chi connectivity index (χ2v) is 3.30. The lowest BCUT2D eigenvalue weighted by molar-refractivity contribution is 0.630. The highest BCUT2D eigenvalue weighted by atomic mass is 35.5. The molecule has 5 heteroatoms. The van der Waals surface area contributed by atoms with Gasteiger partial charge in [0.25, 0.3) is 5.56 Å². The van der Waals surface area contributed by atoms with Crippen LogP contribution in [0.25, 0.3) is 11.3 Å². The third kappa shape index (κ3) is 1.89. The molecule has 3 nitrogen and oxygen atoms in total. The fraction of sp³-hybridized carbons (Fsp3) is 0. The van der Waals surface area contributed by atoms with Gasteiger partial charge in [-0.3, -0.25) is 4.79 Å². The molecule has 2 rings (SSSR count). The lowest BCUT2D eigenvalue weighted by Gasteiger charge is -2.03. The van der Waals surface area contributed by atoms with Crippen molar-refractivity contribution < 1.29 is 4.39 Å². The number of nitrogens with one attached hydrogen (secondary N) is 1. The van der Waals surface area contributed by atoms with E-state index >= 15 is 0 Å². The summed E-state index contributed by atoms with van der Waals surface area (Å²) in [6, 6.07) is 5.51. The van der Waals surface area contributed by atoms with Crippen LogP contribution in [0.2, 0.25) is 5.02 Å². The number of halogens is 2. The van der Waals surface area contributed by atoms with Gasteiger partial charge in [0.2, 0.25) is 0 Å². The van der Waals surface area contributed by atoms with Crippen LogP contribution < -0.4 is 5.56 Å². The molecule has 15 heavy (non-hydrogen) atoms. The van der Waals surface area contributed by atoms with E-state index < -0.39 is 5.82 Å². The molecule has 0 saturated carbocycles. The molecule has 0 bridgehead atoms. The molecule has 0 amide bonds. The Kier molecular flexibility index (Phi) is 2.51. The summed E-state index contributed by atoms with van der Waals surface area (Å²) in [5.74, 6) is -0.499. The molecule has 0 atom stereocenters. The SMILES string of the molecule is O=c1cc(-c2c(F)cccc2Cl)nc[nH]1.